The van der Waals surface area contributed by atoms with Crippen molar-refractivity contribution in [3.8, 4) is 0 Å². The number of carbonyl (C=O) groups excluding carboxylic acids is 1. The van der Waals surface area contributed by atoms with Crippen LogP contribution >= 0.6 is 0 Å². The van der Waals surface area contributed by atoms with Crippen LogP contribution in [0, 0.1) is 6.92 Å². The van der Waals surface area contributed by atoms with E-state index < -0.39 is 0 Å². The number of carbonyl (C=O) groups is 1. The second kappa shape index (κ2) is 5.63. The summed E-state index contributed by atoms with van der Waals surface area (Å²) in [7, 11) is 0. The predicted octanol–water partition coefficient (Wildman–Crippen LogP) is 3.98. The summed E-state index contributed by atoms with van der Waals surface area (Å²) in [6.07, 6.45) is 2.06. The third-order valence-corrected chi connectivity index (χ3v) is 3.18. The predicted molar refractivity (Wildman–Crippen MR) is 75.0 cm³/mol. The first-order chi connectivity index (χ1) is 8.65. The second-order valence-electron chi connectivity index (χ2n) is 4.74. The molecule has 0 saturated heterocycles. The molecule has 0 amide bonds. The van der Waals surface area contributed by atoms with Crippen molar-refractivity contribution in [1.82, 2.24) is 0 Å². The van der Waals surface area contributed by atoms with Crippen molar-refractivity contribution >= 4 is 5.78 Å². The molecule has 0 aliphatic carbocycles. The van der Waals surface area contributed by atoms with Crippen molar-refractivity contribution in [2.75, 3.05) is 0 Å². The van der Waals surface area contributed by atoms with Crippen LogP contribution in [0.2, 0.25) is 0 Å². The summed E-state index contributed by atoms with van der Waals surface area (Å²) in [5.74, 6) is 0.125. The monoisotopic (exact) mass is 238 g/mol. The summed E-state index contributed by atoms with van der Waals surface area (Å²) in [5.41, 5.74) is 4.72. The lowest BCUT2D eigenvalue weighted by atomic mass is 10.0. The number of rotatable bonds is 4. The van der Waals surface area contributed by atoms with Gasteiger partial charge in [0.15, 0.2) is 5.78 Å². The van der Waals surface area contributed by atoms with Crippen LogP contribution in [-0.2, 0) is 12.8 Å². The Morgan fingerprint density at radius 1 is 0.833 bits per heavy atom. The molecular weight excluding hydrogens is 220 g/mol. The Balaban J connectivity index is 1.97. The highest BCUT2D eigenvalue weighted by Gasteiger charge is 1.99. The van der Waals surface area contributed by atoms with Crippen LogP contribution in [0.15, 0.2) is 48.5 Å². The highest BCUT2D eigenvalue weighted by Crippen LogP contribution is 2.10. The van der Waals surface area contributed by atoms with Crippen LogP contribution in [0.3, 0.4) is 0 Å². The normalized spacial score (nSPS) is 10.3. The summed E-state index contributed by atoms with van der Waals surface area (Å²) in [6.45, 7) is 3.70. The minimum atomic E-state index is 0.125. The lowest BCUT2D eigenvalue weighted by Crippen LogP contribution is -1.94. The van der Waals surface area contributed by atoms with Gasteiger partial charge in [0.2, 0.25) is 0 Å². The van der Waals surface area contributed by atoms with Crippen LogP contribution in [0.4, 0.5) is 0 Å². The first-order valence-electron chi connectivity index (χ1n) is 6.30. The molecule has 92 valence electrons. The van der Waals surface area contributed by atoms with Gasteiger partial charge >= 0.3 is 0 Å². The Hall–Kier alpha value is -1.89. The maximum Gasteiger partial charge on any atom is 0.159 e. The quantitative estimate of drug-likeness (QED) is 0.736. The van der Waals surface area contributed by atoms with Crippen molar-refractivity contribution in [3.05, 3.63) is 70.8 Å². The van der Waals surface area contributed by atoms with Crippen LogP contribution < -0.4 is 0 Å². The van der Waals surface area contributed by atoms with Gasteiger partial charge in [-0.05, 0) is 37.8 Å². The molecule has 0 saturated carbocycles. The number of hydrogen-bond donors (Lipinski definition) is 0. The van der Waals surface area contributed by atoms with Gasteiger partial charge in [0.1, 0.15) is 0 Å². The maximum absolute atomic E-state index is 11.2. The van der Waals surface area contributed by atoms with E-state index in [0.717, 1.165) is 18.4 Å². The third-order valence-electron chi connectivity index (χ3n) is 3.18. The number of aryl methyl sites for hydroxylation is 3. The second-order valence-corrected chi connectivity index (χ2v) is 4.74. The molecule has 0 aliphatic heterocycles. The zero-order chi connectivity index (χ0) is 13.0. The van der Waals surface area contributed by atoms with Gasteiger partial charge in [-0.2, -0.15) is 0 Å². The van der Waals surface area contributed by atoms with Crippen LogP contribution in [-0.4, -0.2) is 5.78 Å². The zero-order valence-electron chi connectivity index (χ0n) is 10.9. The summed E-state index contributed by atoms with van der Waals surface area (Å²) in [5, 5.41) is 0. The molecule has 0 aromatic heterocycles. The third kappa shape index (κ3) is 3.30. The molecule has 0 spiro atoms. The van der Waals surface area contributed by atoms with Gasteiger partial charge in [0.25, 0.3) is 0 Å². The highest BCUT2D eigenvalue weighted by atomic mass is 16.1. The zero-order valence-corrected chi connectivity index (χ0v) is 10.9. The van der Waals surface area contributed by atoms with E-state index >= 15 is 0 Å². The average Bonchev–Trinajstić information content (AvgIpc) is 2.38. The smallest absolute Gasteiger partial charge is 0.159 e. The van der Waals surface area contributed by atoms with Crippen molar-refractivity contribution in [1.29, 1.82) is 0 Å². The van der Waals surface area contributed by atoms with Crippen LogP contribution in [0.1, 0.15) is 34.0 Å². The summed E-state index contributed by atoms with van der Waals surface area (Å²) < 4.78 is 0. The van der Waals surface area contributed by atoms with Gasteiger partial charge < -0.3 is 0 Å². The summed E-state index contributed by atoms with van der Waals surface area (Å²) in [6, 6.07) is 16.6. The van der Waals surface area contributed by atoms with Gasteiger partial charge in [0, 0.05) is 5.56 Å². The standard InChI is InChI=1S/C17H18O/c1-13-3-5-15(6-4-13)7-8-16-9-11-17(12-10-16)14(2)18/h3-6,9-12H,7-8H2,1-2H3. The first kappa shape index (κ1) is 12.6. The Labute approximate surface area is 108 Å². The molecule has 18 heavy (non-hydrogen) atoms. The van der Waals surface area contributed by atoms with E-state index in [0.29, 0.717) is 0 Å². The van der Waals surface area contributed by atoms with Crippen molar-refractivity contribution < 1.29 is 4.79 Å². The molecule has 0 unspecified atom stereocenters. The molecule has 0 atom stereocenters. The van der Waals surface area contributed by atoms with Gasteiger partial charge in [-0.25, -0.2) is 0 Å². The molecule has 0 bridgehead atoms. The lowest BCUT2D eigenvalue weighted by molar-refractivity contribution is 0.101. The van der Waals surface area contributed by atoms with Gasteiger partial charge in [-0.3, -0.25) is 4.79 Å². The van der Waals surface area contributed by atoms with E-state index in [1.165, 1.54) is 16.7 Å². The number of hydrogen-bond acceptors (Lipinski definition) is 1. The number of benzene rings is 2. The largest absolute Gasteiger partial charge is 0.295 e. The fourth-order valence-corrected chi connectivity index (χ4v) is 1.95. The van der Waals surface area contributed by atoms with E-state index in [-0.39, 0.29) is 5.78 Å². The fraction of sp³-hybridized carbons (Fsp3) is 0.235. The van der Waals surface area contributed by atoms with Gasteiger partial charge in [-0.1, -0.05) is 54.1 Å². The first-order valence-corrected chi connectivity index (χ1v) is 6.30. The molecule has 0 fully saturated rings. The Kier molecular flexibility index (Phi) is 3.93. The minimum absolute atomic E-state index is 0.125. The summed E-state index contributed by atoms with van der Waals surface area (Å²) >= 11 is 0. The van der Waals surface area contributed by atoms with Crippen LogP contribution in [0.25, 0.3) is 0 Å². The molecule has 2 aromatic carbocycles. The fourth-order valence-electron chi connectivity index (χ4n) is 1.95. The Morgan fingerprint density at radius 2 is 1.28 bits per heavy atom. The highest BCUT2D eigenvalue weighted by molar-refractivity contribution is 5.93. The molecule has 1 nitrogen and oxygen atoms in total. The average molecular weight is 238 g/mol. The molecule has 1 heteroatoms. The topological polar surface area (TPSA) is 17.1 Å². The van der Waals surface area contributed by atoms with Gasteiger partial charge in [-0.15, -0.1) is 0 Å². The number of ketones is 1. The van der Waals surface area contributed by atoms with E-state index in [1.54, 1.807) is 6.92 Å². The lowest BCUT2D eigenvalue weighted by Gasteiger charge is -2.03. The van der Waals surface area contributed by atoms with E-state index in [1.807, 2.05) is 24.3 Å². The Bertz CT molecular complexity index is 521. The van der Waals surface area contributed by atoms with Crippen molar-refractivity contribution in [2.24, 2.45) is 0 Å². The van der Waals surface area contributed by atoms with E-state index in [4.69, 9.17) is 0 Å². The van der Waals surface area contributed by atoms with Gasteiger partial charge in [0.05, 0.1) is 0 Å². The van der Waals surface area contributed by atoms with E-state index in [2.05, 4.69) is 31.2 Å². The molecule has 0 radical (unpaired) electrons. The number of Topliss-reactive ketones (excluding diaryl/α,β-unsaturated/α-hetero) is 1. The van der Waals surface area contributed by atoms with Crippen LogP contribution in [0.5, 0.6) is 0 Å². The van der Waals surface area contributed by atoms with Crippen molar-refractivity contribution in [2.45, 2.75) is 26.7 Å². The Morgan fingerprint density at radius 3 is 1.72 bits per heavy atom. The van der Waals surface area contributed by atoms with Crippen molar-refractivity contribution in [3.63, 3.8) is 0 Å². The molecule has 2 aromatic rings. The maximum atomic E-state index is 11.2. The summed E-state index contributed by atoms with van der Waals surface area (Å²) in [4.78, 5) is 11.2. The molecule has 0 N–H and O–H groups in total. The molecule has 2 rings (SSSR count). The van der Waals surface area contributed by atoms with E-state index in [9.17, 15) is 4.79 Å². The molecular formula is C17H18O. The molecule has 0 aliphatic rings. The SMILES string of the molecule is CC(=O)c1ccc(CCc2ccc(C)cc2)cc1. The molecule has 0 heterocycles. The minimum Gasteiger partial charge on any atom is -0.295 e.